The molecule has 0 fully saturated rings. The first-order valence-electron chi connectivity index (χ1n) is 4.32. The Labute approximate surface area is 103 Å². The molecule has 0 aliphatic heterocycles. The van der Waals surface area contributed by atoms with Gasteiger partial charge in [0.15, 0.2) is 0 Å². The highest BCUT2D eigenvalue weighted by Gasteiger charge is 2.10. The Hall–Kier alpha value is -1.27. The number of nitrogens with one attached hydrogen (secondary N) is 1. The number of rotatable bonds is 2. The number of carbonyl (C=O) groups excluding carboxylic acids is 1. The number of thiazole rings is 1. The van der Waals surface area contributed by atoms with Gasteiger partial charge in [0.25, 0.3) is 5.91 Å². The van der Waals surface area contributed by atoms with Gasteiger partial charge in [0.2, 0.25) is 0 Å². The van der Waals surface area contributed by atoms with Gasteiger partial charge in [0.1, 0.15) is 10.7 Å². The number of aromatic nitrogens is 1. The van der Waals surface area contributed by atoms with Crippen LogP contribution < -0.4 is 5.32 Å². The molecule has 2 aromatic rings. The van der Waals surface area contributed by atoms with Gasteiger partial charge in [-0.25, -0.2) is 4.39 Å². The minimum atomic E-state index is -0.400. The zero-order valence-electron chi connectivity index (χ0n) is 7.91. The third-order valence-corrected chi connectivity index (χ3v) is 3.30. The van der Waals surface area contributed by atoms with E-state index >= 15 is 0 Å². The van der Waals surface area contributed by atoms with Crippen LogP contribution in [-0.4, -0.2) is 10.9 Å². The molecule has 3 nitrogen and oxygen atoms in total. The fourth-order valence-electron chi connectivity index (χ4n) is 1.11. The Morgan fingerprint density at radius 3 is 3.00 bits per heavy atom. The molecule has 0 aliphatic rings. The Bertz CT molecular complexity index is 516. The van der Waals surface area contributed by atoms with Gasteiger partial charge < -0.3 is 5.32 Å². The van der Waals surface area contributed by atoms with Gasteiger partial charge in [-0.15, -0.1) is 11.3 Å². The summed E-state index contributed by atoms with van der Waals surface area (Å²) < 4.78 is 13.6. The minimum Gasteiger partial charge on any atom is -0.320 e. The molecule has 0 bridgehead atoms. The molecule has 16 heavy (non-hydrogen) atoms. The maximum Gasteiger partial charge on any atom is 0.267 e. The maximum absolute atomic E-state index is 13.0. The second-order valence-electron chi connectivity index (χ2n) is 2.94. The van der Waals surface area contributed by atoms with Gasteiger partial charge in [-0.1, -0.05) is 0 Å². The number of carbonyl (C=O) groups is 1. The molecule has 0 spiro atoms. The number of hydrogen-bond donors (Lipinski definition) is 1. The smallest absolute Gasteiger partial charge is 0.267 e. The highest BCUT2D eigenvalue weighted by molar-refractivity contribution is 9.10. The van der Waals surface area contributed by atoms with Gasteiger partial charge in [-0.05, 0) is 34.1 Å². The van der Waals surface area contributed by atoms with Gasteiger partial charge >= 0.3 is 0 Å². The summed E-state index contributed by atoms with van der Waals surface area (Å²) in [5.41, 5.74) is 1.97. The predicted molar refractivity (Wildman–Crippen MR) is 64.2 cm³/mol. The summed E-state index contributed by atoms with van der Waals surface area (Å²) >= 11 is 4.46. The van der Waals surface area contributed by atoms with Crippen LogP contribution in [0.5, 0.6) is 0 Å². The summed E-state index contributed by atoms with van der Waals surface area (Å²) in [7, 11) is 0. The van der Waals surface area contributed by atoms with Gasteiger partial charge in [0.05, 0.1) is 17.4 Å². The minimum absolute atomic E-state index is 0.297. The van der Waals surface area contributed by atoms with Gasteiger partial charge in [-0.3, -0.25) is 9.78 Å². The standard InChI is InChI=1S/C10H6BrFN2OS/c11-7-2-1-6(12)3-8(7)14-10(15)9-4-13-5-16-9/h1-5H,(H,14,15). The summed E-state index contributed by atoms with van der Waals surface area (Å²) in [6, 6.07) is 4.10. The van der Waals surface area contributed by atoms with Gasteiger partial charge in [-0.2, -0.15) is 0 Å². The van der Waals surface area contributed by atoms with Crippen molar-refractivity contribution >= 4 is 38.9 Å². The monoisotopic (exact) mass is 300 g/mol. The molecule has 0 atom stereocenters. The first-order chi connectivity index (χ1) is 7.66. The first-order valence-corrected chi connectivity index (χ1v) is 5.99. The largest absolute Gasteiger partial charge is 0.320 e. The van der Waals surface area contributed by atoms with E-state index in [4.69, 9.17) is 0 Å². The second kappa shape index (κ2) is 4.71. The Morgan fingerprint density at radius 1 is 1.50 bits per heavy atom. The SMILES string of the molecule is O=C(Nc1cc(F)ccc1Br)c1cncs1. The number of halogens is 2. The highest BCUT2D eigenvalue weighted by atomic mass is 79.9. The van der Waals surface area contributed by atoms with Crippen LogP contribution in [0, 0.1) is 5.82 Å². The number of benzene rings is 1. The van der Waals surface area contributed by atoms with E-state index in [1.807, 2.05) is 0 Å². The lowest BCUT2D eigenvalue weighted by Gasteiger charge is -2.05. The van der Waals surface area contributed by atoms with Crippen molar-refractivity contribution in [3.05, 3.63) is 45.1 Å². The van der Waals surface area contributed by atoms with Crippen LogP contribution in [-0.2, 0) is 0 Å². The van der Waals surface area contributed by atoms with E-state index in [0.29, 0.717) is 15.0 Å². The summed E-state index contributed by atoms with van der Waals surface area (Å²) in [4.78, 5) is 15.9. The third kappa shape index (κ3) is 2.45. The van der Waals surface area contributed by atoms with Crippen LogP contribution in [0.15, 0.2) is 34.4 Å². The van der Waals surface area contributed by atoms with E-state index in [9.17, 15) is 9.18 Å². The van der Waals surface area contributed by atoms with Crippen LogP contribution in [0.4, 0.5) is 10.1 Å². The van der Waals surface area contributed by atoms with E-state index in [1.54, 1.807) is 5.51 Å². The molecule has 0 unspecified atom stereocenters. The molecule has 1 aromatic heterocycles. The Balaban J connectivity index is 2.21. The average molecular weight is 301 g/mol. The van der Waals surface area contributed by atoms with Crippen molar-refractivity contribution in [3.8, 4) is 0 Å². The van der Waals surface area contributed by atoms with Crippen molar-refractivity contribution in [1.82, 2.24) is 4.98 Å². The lowest BCUT2D eigenvalue weighted by molar-refractivity contribution is 0.103. The molecular formula is C10H6BrFN2OS. The molecule has 0 saturated heterocycles. The molecule has 6 heteroatoms. The highest BCUT2D eigenvalue weighted by Crippen LogP contribution is 2.23. The average Bonchev–Trinajstić information content (AvgIpc) is 2.76. The number of anilines is 1. The van der Waals surface area contributed by atoms with Crippen molar-refractivity contribution in [1.29, 1.82) is 0 Å². The van der Waals surface area contributed by atoms with E-state index in [-0.39, 0.29) is 5.91 Å². The molecule has 1 aromatic carbocycles. The van der Waals surface area contributed by atoms with E-state index in [0.717, 1.165) is 0 Å². The van der Waals surface area contributed by atoms with Gasteiger partial charge in [0, 0.05) is 4.47 Å². The first kappa shape index (κ1) is 11.2. The normalized spacial score (nSPS) is 10.1. The van der Waals surface area contributed by atoms with E-state index in [2.05, 4.69) is 26.2 Å². The van der Waals surface area contributed by atoms with Crippen LogP contribution in [0.3, 0.4) is 0 Å². The van der Waals surface area contributed by atoms with Crippen molar-refractivity contribution in [2.24, 2.45) is 0 Å². The van der Waals surface area contributed by atoms with Crippen molar-refractivity contribution in [3.63, 3.8) is 0 Å². The zero-order chi connectivity index (χ0) is 11.5. The van der Waals surface area contributed by atoms with Crippen LogP contribution in [0.2, 0.25) is 0 Å². The van der Waals surface area contributed by atoms with E-state index < -0.39 is 5.82 Å². The molecule has 0 radical (unpaired) electrons. The summed E-state index contributed by atoms with van der Waals surface area (Å²) in [6.45, 7) is 0. The fourth-order valence-corrected chi connectivity index (χ4v) is 1.97. The third-order valence-electron chi connectivity index (χ3n) is 1.83. The Kier molecular flexibility index (Phi) is 3.31. The maximum atomic E-state index is 13.0. The predicted octanol–water partition coefficient (Wildman–Crippen LogP) is 3.30. The van der Waals surface area contributed by atoms with E-state index in [1.165, 1.54) is 35.7 Å². The Morgan fingerprint density at radius 2 is 2.31 bits per heavy atom. The summed E-state index contributed by atoms with van der Waals surface area (Å²) in [6.07, 6.45) is 1.47. The quantitative estimate of drug-likeness (QED) is 0.924. The van der Waals surface area contributed by atoms with Crippen molar-refractivity contribution < 1.29 is 9.18 Å². The lowest BCUT2D eigenvalue weighted by atomic mass is 10.3. The van der Waals surface area contributed by atoms with Crippen LogP contribution >= 0.6 is 27.3 Å². The van der Waals surface area contributed by atoms with Crippen LogP contribution in [0.1, 0.15) is 9.67 Å². The molecule has 1 heterocycles. The molecule has 82 valence electrons. The lowest BCUT2D eigenvalue weighted by Crippen LogP contribution is -2.10. The molecule has 2 rings (SSSR count). The van der Waals surface area contributed by atoms with Crippen molar-refractivity contribution in [2.45, 2.75) is 0 Å². The van der Waals surface area contributed by atoms with Crippen LogP contribution in [0.25, 0.3) is 0 Å². The topological polar surface area (TPSA) is 42.0 Å². The fraction of sp³-hybridized carbons (Fsp3) is 0. The summed E-state index contributed by atoms with van der Waals surface area (Å²) in [5, 5.41) is 2.60. The number of hydrogen-bond acceptors (Lipinski definition) is 3. The molecule has 0 saturated carbocycles. The number of amides is 1. The molecule has 1 N–H and O–H groups in total. The molecular weight excluding hydrogens is 295 g/mol. The van der Waals surface area contributed by atoms with Crippen molar-refractivity contribution in [2.75, 3.05) is 5.32 Å². The second-order valence-corrected chi connectivity index (χ2v) is 4.68. The summed E-state index contributed by atoms with van der Waals surface area (Å²) in [5.74, 6) is -0.698. The molecule has 0 aliphatic carbocycles. The molecule has 1 amide bonds. The zero-order valence-corrected chi connectivity index (χ0v) is 10.3. The number of nitrogens with zero attached hydrogens (tertiary/aromatic N) is 1.